The molecular weight excluding hydrogens is 240 g/mol. The summed E-state index contributed by atoms with van der Waals surface area (Å²) in [5.74, 6) is 0.719. The maximum absolute atomic E-state index is 11.2. The van der Waals surface area contributed by atoms with Crippen molar-refractivity contribution in [3.8, 4) is 5.75 Å². The lowest BCUT2D eigenvalue weighted by Gasteiger charge is -2.07. The average Bonchev–Trinajstić information content (AvgIpc) is 2.29. The molecule has 0 heterocycles. The van der Waals surface area contributed by atoms with Crippen LogP contribution in [0.2, 0.25) is 0 Å². The molecule has 0 aliphatic heterocycles. The Bertz CT molecular complexity index is 339. The van der Waals surface area contributed by atoms with E-state index in [9.17, 15) is 4.79 Å². The minimum Gasteiger partial charge on any atom is -0.497 e. The lowest BCUT2D eigenvalue weighted by Crippen LogP contribution is -2.39. The molecule has 0 bridgehead atoms. The van der Waals surface area contributed by atoms with Crippen molar-refractivity contribution in [3.63, 3.8) is 0 Å². The van der Waals surface area contributed by atoms with Crippen LogP contribution in [0.15, 0.2) is 24.3 Å². The van der Waals surface area contributed by atoms with E-state index in [-0.39, 0.29) is 18.3 Å². The normalized spacial score (nSPS) is 11.2. The number of ether oxygens (including phenoxy) is 1. The van der Waals surface area contributed by atoms with Crippen LogP contribution < -0.4 is 15.8 Å². The average molecular weight is 259 g/mol. The standard InChI is InChI=1S/C12H18N2O2.ClH/c1-9(13)12(15)14-8-7-10-3-5-11(16-2)6-4-10;/h3-6,9H,7-8,13H2,1-2H3,(H,14,15);1H/t9-;/m0./s1. The third-order valence-corrected chi connectivity index (χ3v) is 2.29. The van der Waals surface area contributed by atoms with Gasteiger partial charge in [-0.25, -0.2) is 0 Å². The molecule has 0 aliphatic rings. The van der Waals surface area contributed by atoms with Gasteiger partial charge < -0.3 is 15.8 Å². The smallest absolute Gasteiger partial charge is 0.236 e. The summed E-state index contributed by atoms with van der Waals surface area (Å²) in [6.07, 6.45) is 0.794. The SMILES string of the molecule is COc1ccc(CCNC(=O)[C@H](C)N)cc1.Cl. The molecule has 5 heteroatoms. The maximum atomic E-state index is 11.2. The summed E-state index contributed by atoms with van der Waals surface area (Å²) in [7, 11) is 1.64. The molecule has 0 saturated carbocycles. The van der Waals surface area contributed by atoms with Crippen molar-refractivity contribution in [1.29, 1.82) is 0 Å². The van der Waals surface area contributed by atoms with Crippen LogP contribution in [0.1, 0.15) is 12.5 Å². The molecule has 0 fully saturated rings. The monoisotopic (exact) mass is 258 g/mol. The number of rotatable bonds is 5. The minimum atomic E-state index is -0.448. The molecule has 1 rings (SSSR count). The molecule has 0 saturated heterocycles. The van der Waals surface area contributed by atoms with Crippen molar-refractivity contribution in [2.75, 3.05) is 13.7 Å². The number of nitrogens with two attached hydrogens (primary N) is 1. The van der Waals surface area contributed by atoms with E-state index in [0.717, 1.165) is 17.7 Å². The Hall–Kier alpha value is -1.26. The molecule has 3 N–H and O–H groups in total. The predicted molar refractivity (Wildman–Crippen MR) is 70.6 cm³/mol. The summed E-state index contributed by atoms with van der Waals surface area (Å²) in [4.78, 5) is 11.2. The van der Waals surface area contributed by atoms with Crippen LogP contribution in [0.25, 0.3) is 0 Å². The van der Waals surface area contributed by atoms with Gasteiger partial charge in [-0.1, -0.05) is 12.1 Å². The van der Waals surface area contributed by atoms with E-state index in [1.807, 2.05) is 24.3 Å². The zero-order valence-electron chi connectivity index (χ0n) is 10.1. The van der Waals surface area contributed by atoms with Gasteiger partial charge in [-0.2, -0.15) is 0 Å². The molecule has 1 atom stereocenters. The predicted octanol–water partition coefficient (Wildman–Crippen LogP) is 1.12. The molecule has 1 aromatic carbocycles. The third-order valence-electron chi connectivity index (χ3n) is 2.29. The first kappa shape index (κ1) is 15.7. The highest BCUT2D eigenvalue weighted by Gasteiger charge is 2.05. The van der Waals surface area contributed by atoms with Crippen LogP contribution >= 0.6 is 12.4 Å². The minimum absolute atomic E-state index is 0. The van der Waals surface area contributed by atoms with Gasteiger partial charge in [0.25, 0.3) is 0 Å². The molecule has 0 aliphatic carbocycles. The van der Waals surface area contributed by atoms with Gasteiger partial charge in [-0.15, -0.1) is 12.4 Å². The number of carbonyl (C=O) groups excluding carboxylic acids is 1. The molecule has 0 radical (unpaired) electrons. The Labute approximate surface area is 108 Å². The fourth-order valence-corrected chi connectivity index (χ4v) is 1.28. The van der Waals surface area contributed by atoms with Gasteiger partial charge in [0.15, 0.2) is 0 Å². The van der Waals surface area contributed by atoms with E-state index in [2.05, 4.69) is 5.32 Å². The Kier molecular flexibility index (Phi) is 7.34. The van der Waals surface area contributed by atoms with Crippen molar-refractivity contribution in [2.24, 2.45) is 5.73 Å². The summed E-state index contributed by atoms with van der Waals surface area (Å²) in [5.41, 5.74) is 6.58. The highest BCUT2D eigenvalue weighted by atomic mass is 35.5. The molecule has 17 heavy (non-hydrogen) atoms. The van der Waals surface area contributed by atoms with E-state index in [4.69, 9.17) is 10.5 Å². The second-order valence-electron chi connectivity index (χ2n) is 3.68. The van der Waals surface area contributed by atoms with Gasteiger partial charge >= 0.3 is 0 Å². The first-order valence-corrected chi connectivity index (χ1v) is 5.29. The Morgan fingerprint density at radius 2 is 2.00 bits per heavy atom. The second-order valence-corrected chi connectivity index (χ2v) is 3.68. The highest BCUT2D eigenvalue weighted by molar-refractivity contribution is 5.85. The van der Waals surface area contributed by atoms with Gasteiger partial charge in [-0.3, -0.25) is 4.79 Å². The van der Waals surface area contributed by atoms with Crippen LogP contribution in [0, 0.1) is 0 Å². The summed E-state index contributed by atoms with van der Waals surface area (Å²) in [6.45, 7) is 2.27. The second kappa shape index (κ2) is 7.92. The van der Waals surface area contributed by atoms with Crippen molar-refractivity contribution in [3.05, 3.63) is 29.8 Å². The summed E-state index contributed by atoms with van der Waals surface area (Å²) >= 11 is 0. The van der Waals surface area contributed by atoms with Gasteiger partial charge in [0.2, 0.25) is 5.91 Å². The molecule has 0 aromatic heterocycles. The molecule has 1 amide bonds. The van der Waals surface area contributed by atoms with E-state index < -0.39 is 6.04 Å². The summed E-state index contributed by atoms with van der Waals surface area (Å²) < 4.78 is 5.06. The van der Waals surface area contributed by atoms with Crippen LogP contribution in [0.3, 0.4) is 0 Å². The topological polar surface area (TPSA) is 64.3 Å². The zero-order valence-corrected chi connectivity index (χ0v) is 10.9. The zero-order chi connectivity index (χ0) is 12.0. The highest BCUT2D eigenvalue weighted by Crippen LogP contribution is 2.11. The number of amides is 1. The molecule has 1 aromatic rings. The van der Waals surface area contributed by atoms with E-state index in [1.54, 1.807) is 14.0 Å². The van der Waals surface area contributed by atoms with Crippen LogP contribution in [-0.2, 0) is 11.2 Å². The Balaban J connectivity index is 0.00000256. The molecule has 4 nitrogen and oxygen atoms in total. The number of nitrogens with one attached hydrogen (secondary N) is 1. The third kappa shape index (κ3) is 5.56. The van der Waals surface area contributed by atoms with Crippen molar-refractivity contribution < 1.29 is 9.53 Å². The lowest BCUT2D eigenvalue weighted by molar-refractivity contribution is -0.121. The number of hydrogen-bond donors (Lipinski definition) is 2. The number of hydrogen-bond acceptors (Lipinski definition) is 3. The van der Waals surface area contributed by atoms with Gasteiger partial charge in [0.05, 0.1) is 13.2 Å². The first-order valence-electron chi connectivity index (χ1n) is 5.29. The maximum Gasteiger partial charge on any atom is 0.236 e. The molecule has 0 unspecified atom stereocenters. The number of benzene rings is 1. The van der Waals surface area contributed by atoms with Gasteiger partial charge in [0, 0.05) is 6.54 Å². The lowest BCUT2D eigenvalue weighted by atomic mass is 10.1. The van der Waals surface area contributed by atoms with Crippen LogP contribution in [0.4, 0.5) is 0 Å². The number of halogens is 1. The van der Waals surface area contributed by atoms with Crippen LogP contribution in [-0.4, -0.2) is 25.6 Å². The first-order chi connectivity index (χ1) is 7.63. The molecule has 0 spiro atoms. The number of methoxy groups -OCH3 is 1. The van der Waals surface area contributed by atoms with E-state index in [0.29, 0.717) is 6.54 Å². The van der Waals surface area contributed by atoms with Gasteiger partial charge in [-0.05, 0) is 31.0 Å². The summed E-state index contributed by atoms with van der Waals surface area (Å²) in [5, 5.41) is 2.76. The fraction of sp³-hybridized carbons (Fsp3) is 0.417. The quantitative estimate of drug-likeness (QED) is 0.832. The van der Waals surface area contributed by atoms with Gasteiger partial charge in [0.1, 0.15) is 5.75 Å². The van der Waals surface area contributed by atoms with E-state index in [1.165, 1.54) is 0 Å². The van der Waals surface area contributed by atoms with Crippen molar-refractivity contribution >= 4 is 18.3 Å². The molecule has 96 valence electrons. The van der Waals surface area contributed by atoms with E-state index >= 15 is 0 Å². The number of carbonyl (C=O) groups is 1. The molecular formula is C12H19ClN2O2. The largest absolute Gasteiger partial charge is 0.497 e. The Morgan fingerprint density at radius 3 is 2.47 bits per heavy atom. The summed E-state index contributed by atoms with van der Waals surface area (Å²) in [6, 6.07) is 7.33. The fourth-order valence-electron chi connectivity index (χ4n) is 1.28. The Morgan fingerprint density at radius 1 is 1.41 bits per heavy atom. The van der Waals surface area contributed by atoms with Crippen molar-refractivity contribution in [1.82, 2.24) is 5.32 Å². The van der Waals surface area contributed by atoms with Crippen LogP contribution in [0.5, 0.6) is 5.75 Å². The van der Waals surface area contributed by atoms with Crippen molar-refractivity contribution in [2.45, 2.75) is 19.4 Å².